The zero-order valence-electron chi connectivity index (χ0n) is 16.2. The molecule has 2 aromatic heterocycles. The molecule has 0 saturated carbocycles. The fourth-order valence-electron chi connectivity index (χ4n) is 3.76. The largest absolute Gasteiger partial charge is 0.365 e. The minimum atomic E-state index is -0.518. The Morgan fingerprint density at radius 1 is 1.28 bits per heavy atom. The predicted octanol–water partition coefficient (Wildman–Crippen LogP) is 4.37. The van der Waals surface area contributed by atoms with Gasteiger partial charge in [-0.05, 0) is 49.8 Å². The predicted molar refractivity (Wildman–Crippen MR) is 115 cm³/mol. The van der Waals surface area contributed by atoms with E-state index >= 15 is 0 Å². The zero-order chi connectivity index (χ0) is 20.7. The normalized spacial score (nSPS) is 15.8. The van der Waals surface area contributed by atoms with Crippen LogP contribution in [-0.4, -0.2) is 21.6 Å². The molecule has 2 heterocycles. The van der Waals surface area contributed by atoms with Crippen LogP contribution >= 0.6 is 22.9 Å². The summed E-state index contributed by atoms with van der Waals surface area (Å²) in [6.07, 6.45) is 2.70. The topological polar surface area (TPSA) is 90.0 Å². The van der Waals surface area contributed by atoms with Crippen LogP contribution in [0.1, 0.15) is 50.2 Å². The molecule has 29 heavy (non-hydrogen) atoms. The summed E-state index contributed by atoms with van der Waals surface area (Å²) < 4.78 is 1.53. The summed E-state index contributed by atoms with van der Waals surface area (Å²) >= 11 is 7.93. The van der Waals surface area contributed by atoms with Crippen LogP contribution in [0.4, 0.5) is 5.00 Å². The lowest BCUT2D eigenvalue weighted by Gasteiger charge is -2.18. The van der Waals surface area contributed by atoms with E-state index in [0.717, 1.165) is 35.4 Å². The Bertz CT molecular complexity index is 1100. The number of hydrogen-bond acceptors (Lipinski definition) is 4. The fraction of sp³-hybridized carbons (Fsp3) is 0.286. The number of anilines is 1. The van der Waals surface area contributed by atoms with E-state index in [1.54, 1.807) is 6.92 Å². The van der Waals surface area contributed by atoms with Crippen molar-refractivity contribution >= 4 is 39.8 Å². The van der Waals surface area contributed by atoms with Crippen molar-refractivity contribution < 1.29 is 9.59 Å². The Morgan fingerprint density at radius 3 is 2.69 bits per heavy atom. The molecule has 1 atom stereocenters. The number of carbonyl (C=O) groups excluding carboxylic acids is 2. The van der Waals surface area contributed by atoms with Crippen molar-refractivity contribution in [3.05, 3.63) is 62.7 Å². The number of fused-ring (bicyclic) bond motifs is 1. The number of carbonyl (C=O) groups is 2. The lowest BCUT2D eigenvalue weighted by Crippen LogP contribution is -2.19. The molecule has 3 N–H and O–H groups in total. The maximum Gasteiger partial charge on any atom is 0.261 e. The SMILES string of the molecule is Cc1nn(-c2ccccc2)c(Cl)c1C(=O)Nc1sc2c(c1C(N)=O)CC[C@H](C)C2. The van der Waals surface area contributed by atoms with Gasteiger partial charge in [0.05, 0.1) is 16.9 Å². The number of thiophene rings is 1. The van der Waals surface area contributed by atoms with E-state index in [1.165, 1.54) is 16.0 Å². The van der Waals surface area contributed by atoms with Gasteiger partial charge in [0.1, 0.15) is 15.7 Å². The van der Waals surface area contributed by atoms with E-state index in [1.807, 2.05) is 30.3 Å². The van der Waals surface area contributed by atoms with E-state index in [9.17, 15) is 9.59 Å². The van der Waals surface area contributed by atoms with Crippen LogP contribution in [0.3, 0.4) is 0 Å². The summed E-state index contributed by atoms with van der Waals surface area (Å²) in [7, 11) is 0. The molecule has 150 valence electrons. The Balaban J connectivity index is 1.69. The first-order chi connectivity index (χ1) is 13.9. The van der Waals surface area contributed by atoms with Gasteiger partial charge in [0, 0.05) is 4.88 Å². The number of hydrogen-bond donors (Lipinski definition) is 2. The maximum atomic E-state index is 13.1. The first kappa shape index (κ1) is 19.7. The van der Waals surface area contributed by atoms with Crippen molar-refractivity contribution in [1.29, 1.82) is 0 Å². The van der Waals surface area contributed by atoms with Gasteiger partial charge in [-0.3, -0.25) is 9.59 Å². The quantitative estimate of drug-likeness (QED) is 0.646. The van der Waals surface area contributed by atoms with E-state index in [4.69, 9.17) is 17.3 Å². The van der Waals surface area contributed by atoms with Crippen LogP contribution in [0.25, 0.3) is 5.69 Å². The third-order valence-corrected chi connectivity index (χ3v) is 6.74. The van der Waals surface area contributed by atoms with Gasteiger partial charge >= 0.3 is 0 Å². The smallest absolute Gasteiger partial charge is 0.261 e. The third-order valence-electron chi connectivity index (χ3n) is 5.22. The molecule has 1 aliphatic rings. The van der Waals surface area contributed by atoms with Gasteiger partial charge in [-0.25, -0.2) is 4.68 Å². The summed E-state index contributed by atoms with van der Waals surface area (Å²) in [6, 6.07) is 9.36. The number of rotatable bonds is 4. The number of amides is 2. The van der Waals surface area contributed by atoms with E-state index in [2.05, 4.69) is 17.3 Å². The van der Waals surface area contributed by atoms with Crippen molar-refractivity contribution in [2.75, 3.05) is 5.32 Å². The number of benzene rings is 1. The molecular weight excluding hydrogens is 408 g/mol. The van der Waals surface area contributed by atoms with Crippen LogP contribution < -0.4 is 11.1 Å². The fourth-order valence-corrected chi connectivity index (χ4v) is 5.53. The number of aryl methyl sites for hydroxylation is 1. The molecule has 3 aromatic rings. The Labute approximate surface area is 177 Å². The summed E-state index contributed by atoms with van der Waals surface area (Å²) in [6.45, 7) is 3.92. The molecule has 0 fully saturated rings. The second-order valence-corrected chi connectivity index (χ2v) is 8.84. The molecule has 0 unspecified atom stereocenters. The number of aromatic nitrogens is 2. The first-order valence-electron chi connectivity index (χ1n) is 9.43. The number of para-hydroxylation sites is 1. The van der Waals surface area contributed by atoms with Gasteiger partial charge < -0.3 is 11.1 Å². The molecule has 1 aliphatic carbocycles. The highest BCUT2D eigenvalue weighted by Gasteiger charge is 2.29. The minimum absolute atomic E-state index is 0.224. The maximum absolute atomic E-state index is 13.1. The Hall–Kier alpha value is -2.64. The van der Waals surface area contributed by atoms with E-state index < -0.39 is 11.8 Å². The van der Waals surface area contributed by atoms with Gasteiger partial charge in [0.2, 0.25) is 0 Å². The lowest BCUT2D eigenvalue weighted by molar-refractivity contribution is 0.1000. The van der Waals surface area contributed by atoms with E-state index in [0.29, 0.717) is 22.2 Å². The summed E-state index contributed by atoms with van der Waals surface area (Å²) in [4.78, 5) is 26.3. The van der Waals surface area contributed by atoms with Crippen LogP contribution in [0.5, 0.6) is 0 Å². The lowest BCUT2D eigenvalue weighted by atomic mass is 9.88. The molecule has 2 amide bonds. The molecule has 4 rings (SSSR count). The molecule has 6 nitrogen and oxygen atoms in total. The molecular formula is C21H21ClN4O2S. The number of nitrogens with two attached hydrogens (primary N) is 1. The Morgan fingerprint density at radius 2 is 2.00 bits per heavy atom. The van der Waals surface area contributed by atoms with Gasteiger partial charge in [-0.1, -0.05) is 36.7 Å². The average Bonchev–Trinajstić information content (AvgIpc) is 3.18. The first-order valence-corrected chi connectivity index (χ1v) is 10.6. The minimum Gasteiger partial charge on any atom is -0.365 e. The highest BCUT2D eigenvalue weighted by atomic mass is 35.5. The van der Waals surface area contributed by atoms with Crippen LogP contribution in [0.2, 0.25) is 5.15 Å². The summed E-state index contributed by atoms with van der Waals surface area (Å²) in [5.74, 6) is -0.370. The molecule has 8 heteroatoms. The van der Waals surface area contributed by atoms with Crippen LogP contribution in [0.15, 0.2) is 30.3 Å². The zero-order valence-corrected chi connectivity index (χ0v) is 17.7. The van der Waals surface area contributed by atoms with Gasteiger partial charge in [-0.15, -0.1) is 11.3 Å². The van der Waals surface area contributed by atoms with Crippen molar-refractivity contribution in [2.45, 2.75) is 33.1 Å². The highest BCUT2D eigenvalue weighted by Crippen LogP contribution is 2.40. The molecule has 1 aromatic carbocycles. The molecule has 0 radical (unpaired) electrons. The second kappa shape index (κ2) is 7.65. The summed E-state index contributed by atoms with van der Waals surface area (Å²) in [5, 5.41) is 7.99. The molecule has 0 spiro atoms. The van der Waals surface area contributed by atoms with Crippen molar-refractivity contribution in [2.24, 2.45) is 11.7 Å². The number of primary amides is 1. The molecule has 0 aliphatic heterocycles. The standard InChI is InChI=1S/C21H21ClN4O2S/c1-11-8-9-14-15(10-11)29-21(17(14)19(23)27)24-20(28)16-12(2)25-26(18(16)22)13-6-4-3-5-7-13/h3-7,11H,8-10H2,1-2H3,(H2,23,27)(H,24,28)/t11-/m0/s1. The third kappa shape index (κ3) is 3.56. The van der Waals surface area contributed by atoms with Crippen molar-refractivity contribution in [3.63, 3.8) is 0 Å². The average molecular weight is 429 g/mol. The monoisotopic (exact) mass is 428 g/mol. The molecule has 0 saturated heterocycles. The van der Waals surface area contributed by atoms with Crippen molar-refractivity contribution in [1.82, 2.24) is 9.78 Å². The van der Waals surface area contributed by atoms with Gasteiger partial charge in [0.15, 0.2) is 0 Å². The number of nitrogens with one attached hydrogen (secondary N) is 1. The summed E-state index contributed by atoms with van der Waals surface area (Å²) in [5.41, 5.74) is 8.59. The number of nitrogens with zero attached hydrogens (tertiary/aromatic N) is 2. The van der Waals surface area contributed by atoms with Gasteiger partial charge in [0.25, 0.3) is 11.8 Å². The van der Waals surface area contributed by atoms with Crippen LogP contribution in [0, 0.1) is 12.8 Å². The molecule has 0 bridgehead atoms. The number of halogens is 1. The van der Waals surface area contributed by atoms with E-state index in [-0.39, 0.29) is 10.7 Å². The second-order valence-electron chi connectivity index (χ2n) is 7.37. The Kier molecular flexibility index (Phi) is 5.19. The van der Waals surface area contributed by atoms with Gasteiger partial charge in [-0.2, -0.15) is 5.10 Å². The highest BCUT2D eigenvalue weighted by molar-refractivity contribution is 7.17. The van der Waals surface area contributed by atoms with Crippen LogP contribution in [-0.2, 0) is 12.8 Å². The van der Waals surface area contributed by atoms with Crippen molar-refractivity contribution in [3.8, 4) is 5.69 Å².